The molecular weight excluding hydrogens is 162 g/mol. The van der Waals surface area contributed by atoms with Gasteiger partial charge in [-0.1, -0.05) is 0 Å². The fraction of sp³-hybridized carbons (Fsp3) is 0.900. The van der Waals surface area contributed by atoms with Crippen molar-refractivity contribution < 1.29 is 0 Å². The molecule has 0 aromatic rings. The Labute approximate surface area is 80.7 Å². The number of nitrogens with zero attached hydrogens (tertiary/aromatic N) is 2. The SMILES string of the molecule is CN1CCC(CCNCCC#N)C1. The van der Waals surface area contributed by atoms with Crippen molar-refractivity contribution in [1.82, 2.24) is 10.2 Å². The van der Waals surface area contributed by atoms with Crippen LogP contribution in [0.5, 0.6) is 0 Å². The van der Waals surface area contributed by atoms with E-state index in [9.17, 15) is 0 Å². The van der Waals surface area contributed by atoms with E-state index in [1.165, 1.54) is 25.9 Å². The summed E-state index contributed by atoms with van der Waals surface area (Å²) in [6, 6.07) is 2.13. The van der Waals surface area contributed by atoms with Crippen LogP contribution < -0.4 is 5.32 Å². The van der Waals surface area contributed by atoms with Crippen molar-refractivity contribution in [3.63, 3.8) is 0 Å². The fourth-order valence-electron chi connectivity index (χ4n) is 1.84. The van der Waals surface area contributed by atoms with E-state index >= 15 is 0 Å². The summed E-state index contributed by atoms with van der Waals surface area (Å²) in [5, 5.41) is 11.6. The van der Waals surface area contributed by atoms with Gasteiger partial charge in [0.1, 0.15) is 0 Å². The predicted octanol–water partition coefficient (Wildman–Crippen LogP) is 0.831. The van der Waals surface area contributed by atoms with E-state index in [-0.39, 0.29) is 0 Å². The third-order valence-electron chi connectivity index (χ3n) is 2.63. The summed E-state index contributed by atoms with van der Waals surface area (Å²) in [7, 11) is 2.18. The molecule has 0 bridgehead atoms. The molecule has 1 atom stereocenters. The Morgan fingerprint density at radius 3 is 3.00 bits per heavy atom. The first kappa shape index (κ1) is 10.5. The second-order valence-electron chi connectivity index (χ2n) is 3.86. The molecule has 3 nitrogen and oxygen atoms in total. The number of likely N-dealkylation sites (tertiary alicyclic amines) is 1. The zero-order chi connectivity index (χ0) is 9.52. The smallest absolute Gasteiger partial charge is 0.0635 e. The molecule has 1 unspecified atom stereocenters. The van der Waals surface area contributed by atoms with Gasteiger partial charge in [-0.3, -0.25) is 0 Å². The Morgan fingerprint density at radius 2 is 2.38 bits per heavy atom. The maximum Gasteiger partial charge on any atom is 0.0635 e. The van der Waals surface area contributed by atoms with E-state index < -0.39 is 0 Å². The lowest BCUT2D eigenvalue weighted by molar-refractivity contribution is 0.385. The van der Waals surface area contributed by atoms with Crippen molar-refractivity contribution in [2.24, 2.45) is 5.92 Å². The minimum Gasteiger partial charge on any atom is -0.316 e. The first-order valence-electron chi connectivity index (χ1n) is 5.09. The molecule has 1 fully saturated rings. The molecule has 0 saturated carbocycles. The van der Waals surface area contributed by atoms with E-state index in [1.54, 1.807) is 0 Å². The lowest BCUT2D eigenvalue weighted by Crippen LogP contribution is -2.20. The number of rotatable bonds is 5. The van der Waals surface area contributed by atoms with Crippen molar-refractivity contribution in [3.05, 3.63) is 0 Å². The number of hydrogen-bond acceptors (Lipinski definition) is 3. The molecule has 1 rings (SSSR count). The normalized spacial score (nSPS) is 23.2. The summed E-state index contributed by atoms with van der Waals surface area (Å²) >= 11 is 0. The lowest BCUT2D eigenvalue weighted by Gasteiger charge is -2.10. The van der Waals surface area contributed by atoms with Crippen LogP contribution in [0.4, 0.5) is 0 Å². The molecule has 1 N–H and O–H groups in total. The molecule has 0 aromatic carbocycles. The van der Waals surface area contributed by atoms with Gasteiger partial charge in [0.2, 0.25) is 0 Å². The molecule has 0 spiro atoms. The third-order valence-corrected chi connectivity index (χ3v) is 2.63. The summed E-state index contributed by atoms with van der Waals surface area (Å²) in [5.74, 6) is 0.875. The zero-order valence-electron chi connectivity index (χ0n) is 8.42. The van der Waals surface area contributed by atoms with Gasteiger partial charge in [0, 0.05) is 19.5 Å². The first-order valence-corrected chi connectivity index (χ1v) is 5.09. The Kier molecular flexibility index (Phi) is 4.81. The van der Waals surface area contributed by atoms with Crippen LogP contribution in [0.15, 0.2) is 0 Å². The van der Waals surface area contributed by atoms with Gasteiger partial charge in [0.15, 0.2) is 0 Å². The Bertz CT molecular complexity index is 173. The largest absolute Gasteiger partial charge is 0.316 e. The van der Waals surface area contributed by atoms with Gasteiger partial charge >= 0.3 is 0 Å². The minimum atomic E-state index is 0.630. The summed E-state index contributed by atoms with van der Waals surface area (Å²) in [6.45, 7) is 4.42. The van der Waals surface area contributed by atoms with Gasteiger partial charge in [-0.15, -0.1) is 0 Å². The molecule has 1 heterocycles. The van der Waals surface area contributed by atoms with Crippen molar-refractivity contribution in [1.29, 1.82) is 5.26 Å². The molecule has 13 heavy (non-hydrogen) atoms. The molecule has 74 valence electrons. The minimum absolute atomic E-state index is 0.630. The van der Waals surface area contributed by atoms with Crippen molar-refractivity contribution in [3.8, 4) is 6.07 Å². The molecular formula is C10H19N3. The zero-order valence-corrected chi connectivity index (χ0v) is 8.42. The molecule has 1 saturated heterocycles. The van der Waals surface area contributed by atoms with Gasteiger partial charge in [-0.25, -0.2) is 0 Å². The summed E-state index contributed by atoms with van der Waals surface area (Å²) < 4.78 is 0. The topological polar surface area (TPSA) is 39.1 Å². The Balaban J connectivity index is 1.92. The van der Waals surface area contributed by atoms with E-state index in [0.717, 1.165) is 19.0 Å². The van der Waals surface area contributed by atoms with Crippen LogP contribution in [-0.4, -0.2) is 38.1 Å². The molecule has 0 amide bonds. The number of hydrogen-bond donors (Lipinski definition) is 1. The van der Waals surface area contributed by atoms with E-state index in [4.69, 9.17) is 5.26 Å². The van der Waals surface area contributed by atoms with Crippen LogP contribution in [-0.2, 0) is 0 Å². The lowest BCUT2D eigenvalue weighted by atomic mass is 10.1. The van der Waals surface area contributed by atoms with Crippen LogP contribution in [0.2, 0.25) is 0 Å². The summed E-state index contributed by atoms with van der Waals surface area (Å²) in [4.78, 5) is 2.39. The number of nitrogens with one attached hydrogen (secondary N) is 1. The van der Waals surface area contributed by atoms with Gasteiger partial charge in [-0.2, -0.15) is 5.26 Å². The highest BCUT2D eigenvalue weighted by Crippen LogP contribution is 2.16. The van der Waals surface area contributed by atoms with Crippen LogP contribution in [0.3, 0.4) is 0 Å². The quantitative estimate of drug-likeness (QED) is 0.639. The van der Waals surface area contributed by atoms with Crippen molar-refractivity contribution in [2.75, 3.05) is 33.2 Å². The van der Waals surface area contributed by atoms with Gasteiger partial charge < -0.3 is 10.2 Å². The molecule has 3 heteroatoms. The Morgan fingerprint density at radius 1 is 1.54 bits per heavy atom. The highest BCUT2D eigenvalue weighted by molar-refractivity contribution is 4.74. The molecule has 0 aliphatic carbocycles. The standard InChI is InChI=1S/C10H19N3/c1-13-8-4-10(9-13)3-7-12-6-2-5-11/h10,12H,2-4,6-9H2,1H3. The Hall–Kier alpha value is -0.590. The molecule has 1 aliphatic heterocycles. The molecule has 0 aromatic heterocycles. The monoisotopic (exact) mass is 181 g/mol. The van der Waals surface area contributed by atoms with Crippen LogP contribution in [0.25, 0.3) is 0 Å². The third kappa shape index (κ3) is 4.25. The summed E-state index contributed by atoms with van der Waals surface area (Å²) in [6.07, 6.45) is 3.23. The molecule has 0 radical (unpaired) electrons. The van der Waals surface area contributed by atoms with Gasteiger partial charge in [0.05, 0.1) is 6.07 Å². The maximum absolute atomic E-state index is 8.32. The first-order chi connectivity index (χ1) is 6.33. The van der Waals surface area contributed by atoms with Crippen LogP contribution >= 0.6 is 0 Å². The molecule has 1 aliphatic rings. The van der Waals surface area contributed by atoms with Gasteiger partial charge in [0.25, 0.3) is 0 Å². The highest BCUT2D eigenvalue weighted by atomic mass is 15.1. The second kappa shape index (κ2) is 5.95. The second-order valence-corrected chi connectivity index (χ2v) is 3.86. The van der Waals surface area contributed by atoms with Crippen LogP contribution in [0.1, 0.15) is 19.3 Å². The average Bonchev–Trinajstić information content (AvgIpc) is 2.51. The predicted molar refractivity (Wildman–Crippen MR) is 53.3 cm³/mol. The van der Waals surface area contributed by atoms with E-state index in [0.29, 0.717) is 6.42 Å². The van der Waals surface area contributed by atoms with Gasteiger partial charge in [-0.05, 0) is 38.9 Å². The van der Waals surface area contributed by atoms with E-state index in [1.807, 2.05) is 0 Å². The van der Waals surface area contributed by atoms with Crippen molar-refractivity contribution in [2.45, 2.75) is 19.3 Å². The fourth-order valence-corrected chi connectivity index (χ4v) is 1.84. The van der Waals surface area contributed by atoms with Crippen LogP contribution in [0, 0.1) is 17.2 Å². The number of nitriles is 1. The van der Waals surface area contributed by atoms with Crippen molar-refractivity contribution >= 4 is 0 Å². The maximum atomic E-state index is 8.32. The average molecular weight is 181 g/mol. The summed E-state index contributed by atoms with van der Waals surface area (Å²) in [5.41, 5.74) is 0. The highest BCUT2D eigenvalue weighted by Gasteiger charge is 2.18. The van der Waals surface area contributed by atoms with E-state index in [2.05, 4.69) is 23.3 Å².